The van der Waals surface area contributed by atoms with E-state index in [2.05, 4.69) is 184 Å². The molecular formula is C51H34S. The second kappa shape index (κ2) is 11.0. The molecule has 0 N–H and O–H groups in total. The van der Waals surface area contributed by atoms with Crippen LogP contribution in [-0.2, 0) is 5.41 Å². The van der Waals surface area contributed by atoms with Crippen LogP contribution >= 0.6 is 11.3 Å². The van der Waals surface area contributed by atoms with Gasteiger partial charge in [-0.05, 0) is 124 Å². The molecule has 0 aliphatic heterocycles. The van der Waals surface area contributed by atoms with Gasteiger partial charge in [0.05, 0.1) is 0 Å². The van der Waals surface area contributed by atoms with Crippen LogP contribution in [0.15, 0.2) is 170 Å². The molecule has 1 aliphatic carbocycles. The van der Waals surface area contributed by atoms with Crippen molar-refractivity contribution in [2.24, 2.45) is 0 Å². The van der Waals surface area contributed by atoms with Crippen LogP contribution < -0.4 is 0 Å². The summed E-state index contributed by atoms with van der Waals surface area (Å²) in [4.78, 5) is 0. The highest BCUT2D eigenvalue weighted by molar-refractivity contribution is 7.25. The maximum absolute atomic E-state index is 2.43. The number of hydrogen-bond donors (Lipinski definition) is 0. The molecule has 0 radical (unpaired) electrons. The van der Waals surface area contributed by atoms with E-state index < -0.39 is 0 Å². The summed E-state index contributed by atoms with van der Waals surface area (Å²) >= 11 is 1.87. The van der Waals surface area contributed by atoms with Crippen molar-refractivity contribution in [2.45, 2.75) is 19.3 Å². The fourth-order valence-corrected chi connectivity index (χ4v) is 10.1. The summed E-state index contributed by atoms with van der Waals surface area (Å²) in [5, 5.41) is 10.4. The summed E-state index contributed by atoms with van der Waals surface area (Å²) in [6.07, 6.45) is 0. The molecule has 0 amide bonds. The highest BCUT2D eigenvalue weighted by Gasteiger charge is 2.36. The molecule has 0 atom stereocenters. The number of fused-ring (bicyclic) bond motifs is 9. The van der Waals surface area contributed by atoms with Crippen molar-refractivity contribution in [1.29, 1.82) is 0 Å². The highest BCUT2D eigenvalue weighted by Crippen LogP contribution is 2.51. The van der Waals surface area contributed by atoms with Gasteiger partial charge in [-0.25, -0.2) is 0 Å². The van der Waals surface area contributed by atoms with Crippen molar-refractivity contribution >= 4 is 63.8 Å². The van der Waals surface area contributed by atoms with E-state index in [0.29, 0.717) is 0 Å². The van der Waals surface area contributed by atoms with E-state index >= 15 is 0 Å². The summed E-state index contributed by atoms with van der Waals surface area (Å²) in [6.45, 7) is 4.75. The standard InChI is InChI=1S/C51H34S/c1-51(2)45-30-35(23-25-37(45)43-27-33-11-3-4-12-34(33)29-46(43)51)31-19-21-32(22-20-31)49-39-14-5-7-16-41(39)50(42-17-8-6-15-40(42)49)36-24-26-48-44(28-36)38-13-9-10-18-47(38)52-48/h3-30H,1-2H3. The lowest BCUT2D eigenvalue weighted by atomic mass is 9.81. The Morgan fingerprint density at radius 2 is 0.846 bits per heavy atom. The summed E-state index contributed by atoms with van der Waals surface area (Å²) in [5.74, 6) is 0. The maximum Gasteiger partial charge on any atom is 0.0355 e. The maximum atomic E-state index is 2.43. The third kappa shape index (κ3) is 4.27. The van der Waals surface area contributed by atoms with Crippen molar-refractivity contribution in [3.63, 3.8) is 0 Å². The van der Waals surface area contributed by atoms with Gasteiger partial charge >= 0.3 is 0 Å². The molecule has 0 nitrogen and oxygen atoms in total. The number of thiophene rings is 1. The van der Waals surface area contributed by atoms with Gasteiger partial charge in [0, 0.05) is 25.6 Å². The SMILES string of the molecule is CC1(C)c2cc(-c3ccc(-c4c5ccccc5c(-c5ccc6sc7ccccc7c6c5)c5ccccc45)cc3)ccc2-c2cc3ccccc3cc21. The predicted octanol–water partition coefficient (Wildman–Crippen LogP) is 14.8. The van der Waals surface area contributed by atoms with E-state index in [0.717, 1.165) is 0 Å². The van der Waals surface area contributed by atoms with Gasteiger partial charge in [-0.2, -0.15) is 0 Å². The first-order valence-electron chi connectivity index (χ1n) is 18.2. The normalized spacial score (nSPS) is 13.3. The molecule has 0 bridgehead atoms. The Bertz CT molecular complexity index is 3030. The van der Waals surface area contributed by atoms with Crippen molar-refractivity contribution in [1.82, 2.24) is 0 Å². The molecule has 10 aromatic rings. The van der Waals surface area contributed by atoms with Crippen LogP contribution in [0.25, 0.3) is 97.0 Å². The van der Waals surface area contributed by atoms with Gasteiger partial charge < -0.3 is 0 Å². The molecule has 1 aromatic heterocycles. The van der Waals surface area contributed by atoms with Crippen LogP contribution in [0.5, 0.6) is 0 Å². The molecule has 0 saturated carbocycles. The van der Waals surface area contributed by atoms with Crippen LogP contribution in [0.1, 0.15) is 25.0 Å². The Morgan fingerprint density at radius 1 is 0.346 bits per heavy atom. The average molecular weight is 679 g/mol. The first kappa shape index (κ1) is 29.7. The minimum Gasteiger partial charge on any atom is -0.135 e. The van der Waals surface area contributed by atoms with Crippen molar-refractivity contribution in [2.75, 3.05) is 0 Å². The number of hydrogen-bond acceptors (Lipinski definition) is 1. The minimum atomic E-state index is -0.0642. The van der Waals surface area contributed by atoms with Crippen LogP contribution in [-0.4, -0.2) is 0 Å². The highest BCUT2D eigenvalue weighted by atomic mass is 32.1. The Balaban J connectivity index is 1.04. The second-order valence-electron chi connectivity index (χ2n) is 14.9. The number of benzene rings is 9. The average Bonchev–Trinajstić information content (AvgIpc) is 3.67. The van der Waals surface area contributed by atoms with Gasteiger partial charge in [-0.3, -0.25) is 0 Å². The quantitative estimate of drug-likeness (QED) is 0.163. The minimum absolute atomic E-state index is 0.0642. The molecule has 1 aliphatic rings. The first-order valence-corrected chi connectivity index (χ1v) is 19.0. The zero-order chi connectivity index (χ0) is 34.6. The largest absolute Gasteiger partial charge is 0.135 e. The Kier molecular flexibility index (Phi) is 6.27. The topological polar surface area (TPSA) is 0 Å². The lowest BCUT2D eigenvalue weighted by Gasteiger charge is -2.22. The lowest BCUT2D eigenvalue weighted by molar-refractivity contribution is 0.661. The Morgan fingerprint density at radius 3 is 1.54 bits per heavy atom. The van der Waals surface area contributed by atoms with Crippen molar-refractivity contribution < 1.29 is 0 Å². The summed E-state index contributed by atoms with van der Waals surface area (Å²) in [7, 11) is 0. The van der Waals surface area contributed by atoms with E-state index in [1.807, 2.05) is 11.3 Å². The molecule has 0 unspecified atom stereocenters. The smallest absolute Gasteiger partial charge is 0.0355 e. The summed E-state index contributed by atoms with van der Waals surface area (Å²) in [5.41, 5.74) is 13.1. The molecule has 0 saturated heterocycles. The second-order valence-corrected chi connectivity index (χ2v) is 15.9. The van der Waals surface area contributed by atoms with Crippen LogP contribution in [0.4, 0.5) is 0 Å². The van der Waals surface area contributed by atoms with Gasteiger partial charge in [0.1, 0.15) is 0 Å². The molecule has 11 rings (SSSR count). The molecular weight excluding hydrogens is 645 g/mol. The Hall–Kier alpha value is -6.02. The van der Waals surface area contributed by atoms with E-state index in [-0.39, 0.29) is 5.41 Å². The van der Waals surface area contributed by atoms with Gasteiger partial charge in [-0.1, -0.05) is 147 Å². The molecule has 1 heterocycles. The zero-order valence-corrected chi connectivity index (χ0v) is 29.9. The third-order valence-electron chi connectivity index (χ3n) is 11.6. The Labute approximate surface area is 307 Å². The van der Waals surface area contributed by atoms with Crippen LogP contribution in [0, 0.1) is 0 Å². The molecule has 244 valence electrons. The molecule has 1 heteroatoms. The first-order chi connectivity index (χ1) is 25.5. The lowest BCUT2D eigenvalue weighted by Crippen LogP contribution is -2.15. The third-order valence-corrected chi connectivity index (χ3v) is 12.8. The zero-order valence-electron chi connectivity index (χ0n) is 29.1. The summed E-state index contributed by atoms with van der Waals surface area (Å²) in [6, 6.07) is 63.6. The molecule has 52 heavy (non-hydrogen) atoms. The van der Waals surface area contributed by atoms with Crippen LogP contribution in [0.2, 0.25) is 0 Å². The monoisotopic (exact) mass is 678 g/mol. The van der Waals surface area contributed by atoms with Crippen LogP contribution in [0.3, 0.4) is 0 Å². The van der Waals surface area contributed by atoms with E-state index in [4.69, 9.17) is 0 Å². The molecule has 9 aromatic carbocycles. The number of rotatable bonds is 3. The van der Waals surface area contributed by atoms with Gasteiger partial charge in [-0.15, -0.1) is 11.3 Å². The fraction of sp³-hybridized carbons (Fsp3) is 0.0588. The van der Waals surface area contributed by atoms with Crippen molar-refractivity contribution in [3.05, 3.63) is 181 Å². The molecule has 0 fully saturated rings. The van der Waals surface area contributed by atoms with Gasteiger partial charge in [0.15, 0.2) is 0 Å². The molecule has 0 spiro atoms. The van der Waals surface area contributed by atoms with E-state index in [1.165, 1.54) is 108 Å². The van der Waals surface area contributed by atoms with Gasteiger partial charge in [0.25, 0.3) is 0 Å². The fourth-order valence-electron chi connectivity index (χ4n) is 9.06. The van der Waals surface area contributed by atoms with Gasteiger partial charge in [0.2, 0.25) is 0 Å². The summed E-state index contributed by atoms with van der Waals surface area (Å²) < 4.78 is 2.67. The van der Waals surface area contributed by atoms with Crippen molar-refractivity contribution in [3.8, 4) is 44.5 Å². The predicted molar refractivity (Wildman–Crippen MR) is 226 cm³/mol. The van der Waals surface area contributed by atoms with E-state index in [9.17, 15) is 0 Å². The van der Waals surface area contributed by atoms with E-state index in [1.54, 1.807) is 0 Å².